The van der Waals surface area contributed by atoms with E-state index in [4.69, 9.17) is 10.6 Å². The van der Waals surface area contributed by atoms with Crippen LogP contribution in [0.4, 0.5) is 10.5 Å². The van der Waals surface area contributed by atoms with E-state index in [2.05, 4.69) is 5.32 Å². The summed E-state index contributed by atoms with van der Waals surface area (Å²) in [4.78, 5) is 27.3. The lowest BCUT2D eigenvalue weighted by molar-refractivity contribution is -0.233. The molecule has 0 saturated carbocycles. The van der Waals surface area contributed by atoms with Crippen LogP contribution in [0.2, 0.25) is 0 Å². The van der Waals surface area contributed by atoms with Gasteiger partial charge in [0, 0.05) is 11.3 Å². The fraction of sp³-hybridized carbons (Fsp3) is 0.333. The third-order valence-corrected chi connectivity index (χ3v) is 2.87. The molecule has 1 heterocycles. The van der Waals surface area contributed by atoms with Crippen LogP contribution in [0.3, 0.4) is 0 Å². The van der Waals surface area contributed by atoms with Gasteiger partial charge >= 0.3 is 6.09 Å². The molecule has 1 aromatic rings. The van der Waals surface area contributed by atoms with Gasteiger partial charge in [-0.1, -0.05) is 5.06 Å². The number of amides is 2. The van der Waals surface area contributed by atoms with Crippen LogP contribution >= 0.6 is 0 Å². The molecule has 5 N–H and O–H groups in total. The number of hydrogen-bond acceptors (Lipinski definition) is 6. The standard InChI is InChI=1S/C12H15N3O5/c13-11(18)7-1-3-8(4-2-7)14-12(19)20-15-9(16)5-6-10(15)17/h1-4,9-10,16-17H,5-6H2,(H2,13,18)(H,14,19). The smallest absolute Gasteiger partial charge is 0.375 e. The number of anilines is 1. The molecule has 8 nitrogen and oxygen atoms in total. The highest BCUT2D eigenvalue weighted by Crippen LogP contribution is 2.21. The third-order valence-electron chi connectivity index (χ3n) is 2.87. The number of hydrogen-bond donors (Lipinski definition) is 4. The van der Waals surface area contributed by atoms with E-state index in [9.17, 15) is 19.8 Å². The highest BCUT2D eigenvalue weighted by atomic mass is 16.8. The Morgan fingerprint density at radius 3 is 2.25 bits per heavy atom. The zero-order valence-electron chi connectivity index (χ0n) is 10.5. The molecule has 1 fully saturated rings. The number of nitrogens with one attached hydrogen (secondary N) is 1. The van der Waals surface area contributed by atoms with Gasteiger partial charge in [0.25, 0.3) is 0 Å². The summed E-state index contributed by atoms with van der Waals surface area (Å²) in [5.74, 6) is -0.567. The summed E-state index contributed by atoms with van der Waals surface area (Å²) in [6, 6.07) is 5.88. The molecule has 0 radical (unpaired) electrons. The Morgan fingerprint density at radius 2 is 1.75 bits per heavy atom. The summed E-state index contributed by atoms with van der Waals surface area (Å²) >= 11 is 0. The number of hydroxylamine groups is 2. The van der Waals surface area contributed by atoms with Crippen molar-refractivity contribution in [1.82, 2.24) is 5.06 Å². The Balaban J connectivity index is 1.92. The van der Waals surface area contributed by atoms with Gasteiger partial charge in [0.2, 0.25) is 5.91 Å². The first-order chi connectivity index (χ1) is 9.47. The first-order valence-electron chi connectivity index (χ1n) is 6.00. The first-order valence-corrected chi connectivity index (χ1v) is 6.00. The highest BCUT2D eigenvalue weighted by Gasteiger charge is 2.34. The minimum atomic E-state index is -1.02. The van der Waals surface area contributed by atoms with Crippen LogP contribution < -0.4 is 11.1 Å². The van der Waals surface area contributed by atoms with Crippen molar-refractivity contribution >= 4 is 17.7 Å². The lowest BCUT2D eigenvalue weighted by Gasteiger charge is -2.21. The van der Waals surface area contributed by atoms with Gasteiger partial charge in [-0.2, -0.15) is 0 Å². The van der Waals surface area contributed by atoms with E-state index >= 15 is 0 Å². The Labute approximate surface area is 114 Å². The molecule has 108 valence electrons. The maximum absolute atomic E-state index is 11.6. The molecule has 1 aliphatic rings. The van der Waals surface area contributed by atoms with E-state index in [1.807, 2.05) is 0 Å². The average Bonchev–Trinajstić information content (AvgIpc) is 2.71. The Kier molecular flexibility index (Phi) is 4.18. The Hall–Kier alpha value is -2.16. The van der Waals surface area contributed by atoms with Crippen molar-refractivity contribution in [2.24, 2.45) is 5.73 Å². The lowest BCUT2D eigenvalue weighted by Crippen LogP contribution is -2.39. The second-order valence-corrected chi connectivity index (χ2v) is 4.34. The number of primary amides is 1. The predicted octanol–water partition coefficient (Wildman–Crippen LogP) is -0.0184. The van der Waals surface area contributed by atoms with Gasteiger partial charge in [0.15, 0.2) is 0 Å². The molecule has 0 aromatic heterocycles. The van der Waals surface area contributed by atoms with Crippen molar-refractivity contribution in [3.05, 3.63) is 29.8 Å². The molecule has 0 bridgehead atoms. The normalized spacial score (nSPS) is 22.5. The van der Waals surface area contributed by atoms with Crippen LogP contribution in [0.15, 0.2) is 24.3 Å². The lowest BCUT2D eigenvalue weighted by atomic mass is 10.2. The molecule has 8 heteroatoms. The van der Waals surface area contributed by atoms with E-state index in [0.29, 0.717) is 24.1 Å². The van der Waals surface area contributed by atoms with Gasteiger partial charge < -0.3 is 20.8 Å². The van der Waals surface area contributed by atoms with Gasteiger partial charge in [0.1, 0.15) is 12.5 Å². The topological polar surface area (TPSA) is 125 Å². The average molecular weight is 281 g/mol. The first kappa shape index (κ1) is 14.3. The van der Waals surface area contributed by atoms with Crippen molar-refractivity contribution in [1.29, 1.82) is 0 Å². The van der Waals surface area contributed by atoms with Crippen molar-refractivity contribution in [2.45, 2.75) is 25.3 Å². The van der Waals surface area contributed by atoms with Crippen LogP contribution in [0.1, 0.15) is 23.2 Å². The van der Waals surface area contributed by atoms with Crippen molar-refractivity contribution in [3.63, 3.8) is 0 Å². The maximum atomic E-state index is 11.6. The van der Waals surface area contributed by atoms with Crippen molar-refractivity contribution in [2.75, 3.05) is 5.32 Å². The number of carbonyl (C=O) groups excluding carboxylic acids is 2. The summed E-state index contributed by atoms with van der Waals surface area (Å²) in [6.07, 6.45) is -2.25. The fourth-order valence-corrected chi connectivity index (χ4v) is 1.83. The molecule has 1 aromatic carbocycles. The van der Waals surface area contributed by atoms with E-state index in [-0.39, 0.29) is 0 Å². The van der Waals surface area contributed by atoms with Crippen LogP contribution in [-0.2, 0) is 4.84 Å². The summed E-state index contributed by atoms with van der Waals surface area (Å²) < 4.78 is 0. The molecule has 1 aliphatic heterocycles. The number of carbonyl (C=O) groups is 2. The monoisotopic (exact) mass is 281 g/mol. The number of aliphatic hydroxyl groups is 2. The largest absolute Gasteiger partial charge is 0.430 e. The Bertz CT molecular complexity index is 494. The SMILES string of the molecule is NC(=O)c1ccc(NC(=O)ON2C(O)CCC2O)cc1. The summed E-state index contributed by atoms with van der Waals surface area (Å²) in [5, 5.41) is 22.2. The molecule has 0 spiro atoms. The molecule has 20 heavy (non-hydrogen) atoms. The molecular weight excluding hydrogens is 266 g/mol. The van der Waals surface area contributed by atoms with E-state index in [0.717, 1.165) is 5.06 Å². The molecule has 1 saturated heterocycles. The second kappa shape index (κ2) is 5.87. The zero-order valence-corrected chi connectivity index (χ0v) is 10.5. The second-order valence-electron chi connectivity index (χ2n) is 4.34. The fourth-order valence-electron chi connectivity index (χ4n) is 1.83. The number of benzene rings is 1. The molecule has 2 unspecified atom stereocenters. The number of nitrogens with two attached hydrogens (primary N) is 1. The van der Waals surface area contributed by atoms with E-state index in [1.54, 1.807) is 0 Å². The molecular formula is C12H15N3O5. The summed E-state index contributed by atoms with van der Waals surface area (Å²) in [5.41, 5.74) is 5.80. The van der Waals surface area contributed by atoms with E-state index in [1.165, 1.54) is 24.3 Å². The quantitative estimate of drug-likeness (QED) is 0.617. The minimum absolute atomic E-state index is 0.314. The Morgan fingerprint density at radius 1 is 1.20 bits per heavy atom. The van der Waals surface area contributed by atoms with E-state index < -0.39 is 24.5 Å². The molecule has 2 atom stereocenters. The number of rotatable bonds is 3. The highest BCUT2D eigenvalue weighted by molar-refractivity contribution is 5.93. The number of aliphatic hydroxyl groups excluding tert-OH is 2. The van der Waals surface area contributed by atoms with Gasteiger partial charge in [-0.05, 0) is 37.1 Å². The van der Waals surface area contributed by atoms with Gasteiger partial charge in [0.05, 0.1) is 0 Å². The van der Waals surface area contributed by atoms with Gasteiger partial charge in [-0.25, -0.2) is 4.79 Å². The maximum Gasteiger partial charge on any atom is 0.430 e. The summed E-state index contributed by atoms with van der Waals surface area (Å²) in [6.45, 7) is 0. The molecule has 2 rings (SSSR count). The van der Waals surface area contributed by atoms with Crippen LogP contribution in [0, 0.1) is 0 Å². The minimum Gasteiger partial charge on any atom is -0.375 e. The van der Waals surface area contributed by atoms with Gasteiger partial charge in [-0.15, -0.1) is 0 Å². The van der Waals surface area contributed by atoms with Crippen LogP contribution in [0.25, 0.3) is 0 Å². The van der Waals surface area contributed by atoms with Crippen molar-refractivity contribution in [3.8, 4) is 0 Å². The summed E-state index contributed by atoms with van der Waals surface area (Å²) in [7, 11) is 0. The predicted molar refractivity (Wildman–Crippen MR) is 68.2 cm³/mol. The molecule has 2 amide bonds. The third kappa shape index (κ3) is 3.23. The van der Waals surface area contributed by atoms with Crippen molar-refractivity contribution < 1.29 is 24.6 Å². The van der Waals surface area contributed by atoms with Crippen LogP contribution in [0.5, 0.6) is 0 Å². The molecule has 0 aliphatic carbocycles. The van der Waals surface area contributed by atoms with Gasteiger partial charge in [-0.3, -0.25) is 10.1 Å². The number of nitrogens with zero attached hydrogens (tertiary/aromatic N) is 1. The van der Waals surface area contributed by atoms with Crippen LogP contribution in [-0.4, -0.2) is 39.7 Å². The zero-order chi connectivity index (χ0) is 14.7.